The van der Waals surface area contributed by atoms with Gasteiger partial charge in [-0.15, -0.1) is 0 Å². The maximum absolute atomic E-state index is 12.0. The number of amides is 1. The highest BCUT2D eigenvalue weighted by atomic mass is 35.5. The lowest BCUT2D eigenvalue weighted by atomic mass is 10.1. The molecule has 0 radical (unpaired) electrons. The Kier molecular flexibility index (Phi) is 4.25. The van der Waals surface area contributed by atoms with Gasteiger partial charge in [0.2, 0.25) is 0 Å². The zero-order chi connectivity index (χ0) is 13.1. The van der Waals surface area contributed by atoms with Crippen molar-refractivity contribution in [1.29, 1.82) is 0 Å². The van der Waals surface area contributed by atoms with Gasteiger partial charge >= 0.3 is 0 Å². The standard InChI is InChI=1S/C14H18ClNO2/c1-9-5-6-11(15)7-12(9)14(18)16-8-10-3-2-4-13(10)17/h5-7,10,13,17H,2-4,8H2,1H3,(H,16,18). The Bertz CT molecular complexity index is 447. The van der Waals surface area contributed by atoms with Crippen LogP contribution < -0.4 is 5.32 Å². The van der Waals surface area contributed by atoms with E-state index < -0.39 is 0 Å². The van der Waals surface area contributed by atoms with Crippen LogP contribution in [0.1, 0.15) is 35.2 Å². The highest BCUT2D eigenvalue weighted by molar-refractivity contribution is 6.31. The molecular formula is C14H18ClNO2. The molecule has 2 N–H and O–H groups in total. The van der Waals surface area contributed by atoms with Crippen LogP contribution in [0.4, 0.5) is 0 Å². The summed E-state index contributed by atoms with van der Waals surface area (Å²) in [6, 6.07) is 5.29. The summed E-state index contributed by atoms with van der Waals surface area (Å²) >= 11 is 5.89. The second-order valence-electron chi connectivity index (χ2n) is 4.93. The van der Waals surface area contributed by atoms with Gasteiger partial charge in [-0.25, -0.2) is 0 Å². The maximum atomic E-state index is 12.0. The molecule has 0 spiro atoms. The average Bonchev–Trinajstić information content (AvgIpc) is 2.75. The number of hydrogen-bond donors (Lipinski definition) is 2. The fourth-order valence-corrected chi connectivity index (χ4v) is 2.59. The summed E-state index contributed by atoms with van der Waals surface area (Å²) < 4.78 is 0. The molecule has 1 amide bonds. The van der Waals surface area contributed by atoms with E-state index in [1.54, 1.807) is 12.1 Å². The Morgan fingerprint density at radius 3 is 2.94 bits per heavy atom. The molecule has 1 aliphatic rings. The maximum Gasteiger partial charge on any atom is 0.251 e. The van der Waals surface area contributed by atoms with Crippen LogP contribution in [-0.4, -0.2) is 23.7 Å². The van der Waals surface area contributed by atoms with Crippen LogP contribution in [0.25, 0.3) is 0 Å². The second-order valence-corrected chi connectivity index (χ2v) is 5.36. The molecule has 1 fully saturated rings. The zero-order valence-electron chi connectivity index (χ0n) is 10.4. The van der Waals surface area contributed by atoms with Gasteiger partial charge in [-0.2, -0.15) is 0 Å². The molecule has 0 aliphatic heterocycles. The number of aliphatic hydroxyl groups is 1. The van der Waals surface area contributed by atoms with Crippen molar-refractivity contribution in [2.45, 2.75) is 32.3 Å². The molecule has 2 atom stereocenters. The number of carbonyl (C=O) groups excluding carboxylic acids is 1. The predicted octanol–water partition coefficient (Wildman–Crippen LogP) is 2.54. The van der Waals surface area contributed by atoms with E-state index in [9.17, 15) is 9.90 Å². The molecule has 0 aromatic heterocycles. The van der Waals surface area contributed by atoms with Crippen molar-refractivity contribution >= 4 is 17.5 Å². The third-order valence-electron chi connectivity index (χ3n) is 3.59. The summed E-state index contributed by atoms with van der Waals surface area (Å²) in [5, 5.41) is 13.1. The van der Waals surface area contributed by atoms with Crippen molar-refractivity contribution in [1.82, 2.24) is 5.32 Å². The van der Waals surface area contributed by atoms with Gasteiger partial charge in [0.1, 0.15) is 0 Å². The number of rotatable bonds is 3. The monoisotopic (exact) mass is 267 g/mol. The largest absolute Gasteiger partial charge is 0.393 e. The van der Waals surface area contributed by atoms with Crippen LogP contribution in [0, 0.1) is 12.8 Å². The van der Waals surface area contributed by atoms with Gasteiger partial charge in [0.15, 0.2) is 0 Å². The SMILES string of the molecule is Cc1ccc(Cl)cc1C(=O)NCC1CCCC1O. The topological polar surface area (TPSA) is 49.3 Å². The van der Waals surface area contributed by atoms with Crippen LogP contribution in [0.5, 0.6) is 0 Å². The minimum absolute atomic E-state index is 0.117. The van der Waals surface area contributed by atoms with Gasteiger partial charge in [-0.05, 0) is 37.5 Å². The third kappa shape index (κ3) is 3.03. The Hall–Kier alpha value is -1.06. The fraction of sp³-hybridized carbons (Fsp3) is 0.500. The summed E-state index contributed by atoms with van der Waals surface area (Å²) in [7, 11) is 0. The Labute approximate surface area is 112 Å². The number of halogens is 1. The molecule has 4 heteroatoms. The molecule has 18 heavy (non-hydrogen) atoms. The zero-order valence-corrected chi connectivity index (χ0v) is 11.2. The average molecular weight is 268 g/mol. The van der Waals surface area contributed by atoms with E-state index in [4.69, 9.17) is 11.6 Å². The van der Waals surface area contributed by atoms with Crippen molar-refractivity contribution in [3.63, 3.8) is 0 Å². The minimum Gasteiger partial charge on any atom is -0.393 e. The molecular weight excluding hydrogens is 250 g/mol. The van der Waals surface area contributed by atoms with Gasteiger partial charge < -0.3 is 10.4 Å². The first-order valence-corrected chi connectivity index (χ1v) is 6.68. The van der Waals surface area contributed by atoms with Crippen LogP contribution in [0.3, 0.4) is 0 Å². The number of aliphatic hydroxyl groups excluding tert-OH is 1. The number of aryl methyl sites for hydroxylation is 1. The fourth-order valence-electron chi connectivity index (χ4n) is 2.41. The van der Waals surface area contributed by atoms with Crippen molar-refractivity contribution in [2.75, 3.05) is 6.54 Å². The van der Waals surface area contributed by atoms with Crippen molar-refractivity contribution in [3.8, 4) is 0 Å². The van der Waals surface area contributed by atoms with E-state index in [0.29, 0.717) is 17.1 Å². The molecule has 0 heterocycles. The first-order valence-electron chi connectivity index (χ1n) is 6.30. The van der Waals surface area contributed by atoms with Crippen molar-refractivity contribution < 1.29 is 9.90 Å². The lowest BCUT2D eigenvalue weighted by Crippen LogP contribution is -2.32. The quantitative estimate of drug-likeness (QED) is 0.884. The van der Waals surface area contributed by atoms with E-state index >= 15 is 0 Å². The molecule has 2 rings (SSSR count). The Morgan fingerprint density at radius 2 is 2.28 bits per heavy atom. The Morgan fingerprint density at radius 1 is 1.50 bits per heavy atom. The molecule has 0 bridgehead atoms. The van der Waals surface area contributed by atoms with Gasteiger partial charge in [0, 0.05) is 23.0 Å². The highest BCUT2D eigenvalue weighted by Gasteiger charge is 2.25. The van der Waals surface area contributed by atoms with Crippen molar-refractivity contribution in [2.24, 2.45) is 5.92 Å². The van der Waals surface area contributed by atoms with Gasteiger partial charge in [-0.1, -0.05) is 24.1 Å². The summed E-state index contributed by atoms with van der Waals surface area (Å²) in [5.41, 5.74) is 1.51. The summed E-state index contributed by atoms with van der Waals surface area (Å²) in [4.78, 5) is 12.0. The van der Waals surface area contributed by atoms with Crippen LogP contribution in [0.2, 0.25) is 5.02 Å². The molecule has 98 valence electrons. The number of hydrogen-bond acceptors (Lipinski definition) is 2. The van der Waals surface area contributed by atoms with Crippen LogP contribution in [0.15, 0.2) is 18.2 Å². The first kappa shape index (κ1) is 13.4. The minimum atomic E-state index is -0.272. The molecule has 1 aromatic rings. The molecule has 0 saturated heterocycles. The second kappa shape index (κ2) is 5.72. The van der Waals surface area contributed by atoms with E-state index in [1.165, 1.54) is 0 Å². The van der Waals surface area contributed by atoms with Crippen LogP contribution >= 0.6 is 11.6 Å². The Balaban J connectivity index is 1.97. The number of nitrogens with one attached hydrogen (secondary N) is 1. The highest BCUT2D eigenvalue weighted by Crippen LogP contribution is 2.24. The lowest BCUT2D eigenvalue weighted by molar-refractivity contribution is 0.0916. The molecule has 1 aromatic carbocycles. The van der Waals surface area contributed by atoms with Gasteiger partial charge in [-0.3, -0.25) is 4.79 Å². The summed E-state index contributed by atoms with van der Waals surface area (Å²) in [5.74, 6) is 0.0718. The molecule has 3 nitrogen and oxygen atoms in total. The van der Waals surface area contributed by atoms with Gasteiger partial charge in [0.05, 0.1) is 6.10 Å². The third-order valence-corrected chi connectivity index (χ3v) is 3.82. The van der Waals surface area contributed by atoms with E-state index in [2.05, 4.69) is 5.32 Å². The van der Waals surface area contributed by atoms with E-state index in [1.807, 2.05) is 13.0 Å². The predicted molar refractivity (Wildman–Crippen MR) is 71.9 cm³/mol. The molecule has 1 saturated carbocycles. The van der Waals surface area contributed by atoms with Gasteiger partial charge in [0.25, 0.3) is 5.91 Å². The van der Waals surface area contributed by atoms with E-state index in [0.717, 1.165) is 24.8 Å². The molecule has 1 aliphatic carbocycles. The smallest absolute Gasteiger partial charge is 0.251 e. The summed E-state index contributed by atoms with van der Waals surface area (Å²) in [6.45, 7) is 2.42. The lowest BCUT2D eigenvalue weighted by Gasteiger charge is -2.15. The normalized spacial score (nSPS) is 23.1. The van der Waals surface area contributed by atoms with E-state index in [-0.39, 0.29) is 17.9 Å². The van der Waals surface area contributed by atoms with Crippen LogP contribution in [-0.2, 0) is 0 Å². The number of benzene rings is 1. The van der Waals surface area contributed by atoms with Crippen molar-refractivity contribution in [3.05, 3.63) is 34.3 Å². The molecule has 2 unspecified atom stereocenters. The number of carbonyl (C=O) groups is 1. The summed E-state index contributed by atoms with van der Waals surface area (Å²) in [6.07, 6.45) is 2.59. The first-order chi connectivity index (χ1) is 8.58.